The van der Waals surface area contributed by atoms with E-state index in [2.05, 4.69) is 42.1 Å². The molecule has 1 fully saturated rings. The van der Waals surface area contributed by atoms with Gasteiger partial charge in [-0.1, -0.05) is 69.8 Å². The average molecular weight is 282 g/mol. The van der Waals surface area contributed by atoms with Crippen LogP contribution in [0.25, 0.3) is 0 Å². The molecule has 2 rings (SSSR count). The third kappa shape index (κ3) is 3.57. The molecule has 1 aliphatic carbocycles. The van der Waals surface area contributed by atoms with Gasteiger partial charge in [0.15, 0.2) is 0 Å². The van der Waals surface area contributed by atoms with Crippen LogP contribution in [0.5, 0.6) is 0 Å². The Kier molecular flexibility index (Phi) is 5.71. The molecular formula is C17H24LiOP. The third-order valence-electron chi connectivity index (χ3n) is 4.23. The third-order valence-corrected chi connectivity index (χ3v) is 4.96. The van der Waals surface area contributed by atoms with E-state index >= 15 is 0 Å². The molecule has 0 aromatic heterocycles. The Hall–Kier alpha value is -0.0826. The molecule has 1 aliphatic rings. The molecule has 0 aliphatic heterocycles. The van der Waals surface area contributed by atoms with Gasteiger partial charge in [-0.15, -0.1) is 0 Å². The van der Waals surface area contributed by atoms with Crippen molar-refractivity contribution in [2.45, 2.75) is 63.9 Å². The number of carbonyl (C=O) groups excluding carboxylic acids is 1. The molecule has 0 amide bonds. The molecular weight excluding hydrogens is 258 g/mol. The van der Waals surface area contributed by atoms with Crippen LogP contribution in [0.3, 0.4) is 0 Å². The van der Waals surface area contributed by atoms with Crippen molar-refractivity contribution in [1.29, 1.82) is 0 Å². The van der Waals surface area contributed by atoms with E-state index in [1.807, 2.05) is 13.0 Å². The number of carbonyl (C=O) groups is 1. The Morgan fingerprint density at radius 3 is 2.20 bits per heavy atom. The normalized spacial score (nSPS) is 17.6. The number of hydrogen-bond donors (Lipinski definition) is 0. The van der Waals surface area contributed by atoms with E-state index < -0.39 is 0 Å². The Morgan fingerprint density at radius 2 is 1.75 bits per heavy atom. The summed E-state index contributed by atoms with van der Waals surface area (Å²) in [6, 6.07) is 6.28. The maximum atomic E-state index is 12.7. The Balaban J connectivity index is 0.00000200. The maximum Gasteiger partial charge on any atom is 1.00 e. The van der Waals surface area contributed by atoms with Crippen molar-refractivity contribution in [2.75, 3.05) is 0 Å². The first-order valence-electron chi connectivity index (χ1n) is 7.15. The predicted octanol–water partition coefficient (Wildman–Crippen LogP) is 1.93. The standard InChI is InChI=1S/C17H24OP.Li/c1-12-11-13(16(2,3)4)7-8-14(12)15(18)17(19)9-5-6-10-17;/h7-8,11,19H,5-6,9-10H2,1-4H3;/q-1;+1. The first-order chi connectivity index (χ1) is 8.74. The fourth-order valence-corrected chi connectivity index (χ4v) is 3.34. The molecule has 0 N–H and O–H groups in total. The van der Waals surface area contributed by atoms with Crippen LogP contribution in [0.4, 0.5) is 0 Å². The first kappa shape index (κ1) is 18.0. The monoisotopic (exact) mass is 282 g/mol. The Labute approximate surface area is 137 Å². The van der Waals surface area contributed by atoms with E-state index in [0.29, 0.717) is 0 Å². The molecule has 1 aromatic carbocycles. The second-order valence-electron chi connectivity index (χ2n) is 6.90. The van der Waals surface area contributed by atoms with Crippen molar-refractivity contribution >= 4 is 15.0 Å². The topological polar surface area (TPSA) is 17.1 Å². The van der Waals surface area contributed by atoms with Crippen LogP contribution in [-0.2, 0) is 5.41 Å². The van der Waals surface area contributed by atoms with Crippen LogP contribution in [0.1, 0.15) is 67.9 Å². The van der Waals surface area contributed by atoms with Crippen molar-refractivity contribution in [2.24, 2.45) is 0 Å². The smallest absolute Gasteiger partial charge is 0.543 e. The van der Waals surface area contributed by atoms with Crippen molar-refractivity contribution in [3.05, 3.63) is 34.9 Å². The summed E-state index contributed by atoms with van der Waals surface area (Å²) >= 11 is 0. The minimum atomic E-state index is -0.311. The van der Waals surface area contributed by atoms with Crippen LogP contribution in [0.2, 0.25) is 0 Å². The Morgan fingerprint density at radius 1 is 1.20 bits per heavy atom. The van der Waals surface area contributed by atoms with Gasteiger partial charge < -0.3 is 9.24 Å². The summed E-state index contributed by atoms with van der Waals surface area (Å²) in [4.78, 5) is 12.7. The van der Waals surface area contributed by atoms with E-state index in [0.717, 1.165) is 36.8 Å². The molecule has 104 valence electrons. The number of Topliss-reactive ketones (excluding diaryl/α,β-unsaturated/α-hetero) is 1. The molecule has 0 heterocycles. The molecule has 20 heavy (non-hydrogen) atoms. The minimum Gasteiger partial charge on any atom is -0.543 e. The number of ketones is 1. The molecule has 0 atom stereocenters. The van der Waals surface area contributed by atoms with Gasteiger partial charge in [-0.05, 0) is 23.5 Å². The summed E-state index contributed by atoms with van der Waals surface area (Å²) in [5, 5.41) is -0.311. The van der Waals surface area contributed by atoms with Crippen LogP contribution in [-0.4, -0.2) is 10.9 Å². The van der Waals surface area contributed by atoms with Gasteiger partial charge in [-0.25, -0.2) is 0 Å². The summed E-state index contributed by atoms with van der Waals surface area (Å²) in [5.74, 6) is 0.264. The molecule has 0 unspecified atom stereocenters. The van der Waals surface area contributed by atoms with Gasteiger partial charge in [-0.3, -0.25) is 4.79 Å². The van der Waals surface area contributed by atoms with Gasteiger partial charge in [0.2, 0.25) is 0 Å². The zero-order chi connectivity index (χ0) is 14.3. The van der Waals surface area contributed by atoms with Crippen LogP contribution < -0.4 is 18.9 Å². The minimum absolute atomic E-state index is 0. The van der Waals surface area contributed by atoms with Crippen molar-refractivity contribution in [3.63, 3.8) is 0 Å². The number of rotatable bonds is 2. The molecule has 1 nitrogen and oxygen atoms in total. The average Bonchev–Trinajstić information content (AvgIpc) is 2.75. The van der Waals surface area contributed by atoms with Crippen LogP contribution >= 0.6 is 9.24 Å². The van der Waals surface area contributed by atoms with E-state index in [-0.39, 0.29) is 35.2 Å². The van der Waals surface area contributed by atoms with Crippen molar-refractivity contribution < 1.29 is 23.7 Å². The molecule has 1 saturated carbocycles. The summed E-state index contributed by atoms with van der Waals surface area (Å²) in [6.45, 7) is 8.65. The zero-order valence-electron chi connectivity index (χ0n) is 13.5. The van der Waals surface area contributed by atoms with Crippen molar-refractivity contribution in [1.82, 2.24) is 0 Å². The van der Waals surface area contributed by atoms with E-state index in [1.165, 1.54) is 5.56 Å². The molecule has 3 heteroatoms. The number of aryl methyl sites for hydroxylation is 1. The fourth-order valence-electron chi connectivity index (χ4n) is 2.85. The van der Waals surface area contributed by atoms with Gasteiger partial charge in [-0.2, -0.15) is 0 Å². The Bertz CT molecular complexity index is 496. The molecule has 1 aromatic rings. The van der Waals surface area contributed by atoms with E-state index in [4.69, 9.17) is 0 Å². The summed E-state index contributed by atoms with van der Waals surface area (Å²) in [5.41, 5.74) is 3.40. The number of benzene rings is 1. The molecule has 0 spiro atoms. The van der Waals surface area contributed by atoms with Gasteiger partial charge in [0.1, 0.15) is 5.78 Å². The first-order valence-corrected chi connectivity index (χ1v) is 7.65. The molecule has 0 saturated heterocycles. The van der Waals surface area contributed by atoms with Gasteiger partial charge >= 0.3 is 18.9 Å². The van der Waals surface area contributed by atoms with Crippen LogP contribution in [0.15, 0.2) is 18.2 Å². The summed E-state index contributed by atoms with van der Waals surface area (Å²) < 4.78 is 0. The van der Waals surface area contributed by atoms with Crippen LogP contribution in [0, 0.1) is 6.92 Å². The fraction of sp³-hybridized carbons (Fsp3) is 0.588. The summed E-state index contributed by atoms with van der Waals surface area (Å²) in [7, 11) is 3.75. The van der Waals surface area contributed by atoms with Gasteiger partial charge in [0, 0.05) is 5.56 Å². The largest absolute Gasteiger partial charge is 1.00 e. The van der Waals surface area contributed by atoms with Gasteiger partial charge in [0.05, 0.1) is 0 Å². The van der Waals surface area contributed by atoms with E-state index in [9.17, 15) is 4.79 Å². The number of hydrogen-bond acceptors (Lipinski definition) is 1. The molecule has 0 radical (unpaired) electrons. The maximum absolute atomic E-state index is 12.7. The second kappa shape index (κ2) is 6.35. The quantitative estimate of drug-likeness (QED) is 0.460. The predicted molar refractivity (Wildman–Crippen MR) is 83.7 cm³/mol. The van der Waals surface area contributed by atoms with Gasteiger partial charge in [0.25, 0.3) is 0 Å². The zero-order valence-corrected chi connectivity index (χ0v) is 14.5. The second-order valence-corrected chi connectivity index (χ2v) is 7.86. The SMILES string of the molecule is Cc1cc(C(C)(C)C)ccc1C(=O)C1([PH-])CCCC1.[Li+]. The molecule has 0 bridgehead atoms. The van der Waals surface area contributed by atoms with E-state index in [1.54, 1.807) is 0 Å². The summed E-state index contributed by atoms with van der Waals surface area (Å²) in [6.07, 6.45) is 4.22. The van der Waals surface area contributed by atoms with Crippen molar-refractivity contribution in [3.8, 4) is 0 Å².